The fourth-order valence-electron chi connectivity index (χ4n) is 2.19. The summed E-state index contributed by atoms with van der Waals surface area (Å²) in [5.41, 5.74) is 0. The zero-order chi connectivity index (χ0) is 15.1. The maximum absolute atomic E-state index is 11.4. The van der Waals surface area contributed by atoms with Gasteiger partial charge in [0, 0.05) is 6.42 Å². The molecular weight excluding hydrogens is 252 g/mol. The van der Waals surface area contributed by atoms with Gasteiger partial charge in [0.25, 0.3) is 0 Å². The molecule has 120 valence electrons. The number of aliphatic hydroxyl groups is 1. The first-order valence-corrected chi connectivity index (χ1v) is 8.54. The van der Waals surface area contributed by atoms with Crippen LogP contribution in [0.15, 0.2) is 0 Å². The summed E-state index contributed by atoms with van der Waals surface area (Å²) >= 11 is 0. The molecule has 3 heteroatoms. The van der Waals surface area contributed by atoms with Crippen LogP contribution in [0.1, 0.15) is 90.9 Å². The van der Waals surface area contributed by atoms with Crippen molar-refractivity contribution in [3.05, 3.63) is 0 Å². The first kappa shape index (κ1) is 19.4. The van der Waals surface area contributed by atoms with Gasteiger partial charge >= 0.3 is 5.97 Å². The van der Waals surface area contributed by atoms with Crippen molar-refractivity contribution in [2.45, 2.75) is 97.0 Å². The van der Waals surface area contributed by atoms with Crippen LogP contribution in [0, 0.1) is 0 Å². The molecule has 1 unspecified atom stereocenters. The summed E-state index contributed by atoms with van der Waals surface area (Å²) in [5, 5.41) is 9.83. The molecule has 0 saturated heterocycles. The SMILES string of the molecule is CCCCCCCCC(O)CCCC(=O)OCCCC. The third kappa shape index (κ3) is 13.9. The van der Waals surface area contributed by atoms with E-state index < -0.39 is 0 Å². The van der Waals surface area contributed by atoms with Crippen LogP contribution in [0.5, 0.6) is 0 Å². The van der Waals surface area contributed by atoms with Crippen LogP contribution in [0.2, 0.25) is 0 Å². The third-order valence-electron chi connectivity index (χ3n) is 3.57. The van der Waals surface area contributed by atoms with E-state index in [0.717, 1.165) is 38.5 Å². The van der Waals surface area contributed by atoms with Gasteiger partial charge in [0.05, 0.1) is 12.7 Å². The highest BCUT2D eigenvalue weighted by Gasteiger charge is 2.07. The second-order valence-corrected chi connectivity index (χ2v) is 5.68. The van der Waals surface area contributed by atoms with Crippen molar-refractivity contribution >= 4 is 5.97 Å². The van der Waals surface area contributed by atoms with Crippen molar-refractivity contribution in [3.63, 3.8) is 0 Å². The lowest BCUT2D eigenvalue weighted by molar-refractivity contribution is -0.143. The average Bonchev–Trinajstić information content (AvgIpc) is 2.43. The highest BCUT2D eigenvalue weighted by atomic mass is 16.5. The van der Waals surface area contributed by atoms with Crippen molar-refractivity contribution in [3.8, 4) is 0 Å². The minimum Gasteiger partial charge on any atom is -0.466 e. The molecule has 3 nitrogen and oxygen atoms in total. The number of hydrogen-bond donors (Lipinski definition) is 1. The number of ether oxygens (including phenoxy) is 1. The molecule has 0 aliphatic carbocycles. The molecule has 0 rings (SSSR count). The van der Waals surface area contributed by atoms with E-state index in [1.807, 2.05) is 0 Å². The number of hydrogen-bond acceptors (Lipinski definition) is 3. The van der Waals surface area contributed by atoms with Gasteiger partial charge in [-0.3, -0.25) is 4.79 Å². The molecule has 0 aliphatic rings. The van der Waals surface area contributed by atoms with E-state index in [-0.39, 0.29) is 12.1 Å². The second-order valence-electron chi connectivity index (χ2n) is 5.68. The summed E-state index contributed by atoms with van der Waals surface area (Å²) in [6.07, 6.45) is 12.0. The molecule has 0 aromatic carbocycles. The molecule has 0 saturated carbocycles. The van der Waals surface area contributed by atoms with Gasteiger partial charge in [-0.1, -0.05) is 58.8 Å². The predicted octanol–water partition coefficient (Wildman–Crippen LogP) is 4.61. The van der Waals surface area contributed by atoms with Crippen molar-refractivity contribution in [2.24, 2.45) is 0 Å². The Labute approximate surface area is 125 Å². The molecule has 0 aliphatic heterocycles. The third-order valence-corrected chi connectivity index (χ3v) is 3.57. The van der Waals surface area contributed by atoms with Gasteiger partial charge in [-0.25, -0.2) is 0 Å². The van der Waals surface area contributed by atoms with E-state index in [1.165, 1.54) is 32.1 Å². The monoisotopic (exact) mass is 286 g/mol. The van der Waals surface area contributed by atoms with Crippen molar-refractivity contribution in [2.75, 3.05) is 6.61 Å². The number of carbonyl (C=O) groups is 1. The highest BCUT2D eigenvalue weighted by molar-refractivity contribution is 5.69. The Morgan fingerprint density at radius 3 is 2.20 bits per heavy atom. The maximum Gasteiger partial charge on any atom is 0.305 e. The fraction of sp³-hybridized carbons (Fsp3) is 0.941. The quantitative estimate of drug-likeness (QED) is 0.374. The lowest BCUT2D eigenvalue weighted by Crippen LogP contribution is -2.09. The van der Waals surface area contributed by atoms with E-state index in [9.17, 15) is 9.90 Å². The van der Waals surface area contributed by atoms with Gasteiger partial charge in [-0.15, -0.1) is 0 Å². The number of esters is 1. The minimum atomic E-state index is -0.246. The number of aliphatic hydroxyl groups excluding tert-OH is 1. The Bertz CT molecular complexity index is 216. The first-order chi connectivity index (χ1) is 9.70. The van der Waals surface area contributed by atoms with Gasteiger partial charge < -0.3 is 9.84 Å². The highest BCUT2D eigenvalue weighted by Crippen LogP contribution is 2.12. The Hall–Kier alpha value is -0.570. The number of carbonyl (C=O) groups excluding carboxylic acids is 1. The molecule has 1 atom stereocenters. The number of rotatable bonds is 14. The maximum atomic E-state index is 11.4. The van der Waals surface area contributed by atoms with Gasteiger partial charge in [-0.05, 0) is 25.7 Å². The Morgan fingerprint density at radius 1 is 0.900 bits per heavy atom. The van der Waals surface area contributed by atoms with Crippen LogP contribution < -0.4 is 0 Å². The molecule has 0 aromatic rings. The van der Waals surface area contributed by atoms with Crippen molar-refractivity contribution < 1.29 is 14.6 Å². The average molecular weight is 286 g/mol. The summed E-state index contributed by atoms with van der Waals surface area (Å²) in [4.78, 5) is 11.4. The molecule has 1 N–H and O–H groups in total. The normalized spacial score (nSPS) is 12.3. The minimum absolute atomic E-state index is 0.120. The summed E-state index contributed by atoms with van der Waals surface area (Å²) in [6.45, 7) is 4.83. The predicted molar refractivity (Wildman–Crippen MR) is 83.7 cm³/mol. The van der Waals surface area contributed by atoms with Crippen molar-refractivity contribution in [1.82, 2.24) is 0 Å². The topological polar surface area (TPSA) is 46.5 Å². The molecule has 0 fully saturated rings. The summed E-state index contributed by atoms with van der Waals surface area (Å²) < 4.78 is 5.08. The van der Waals surface area contributed by atoms with Crippen LogP contribution in [-0.2, 0) is 9.53 Å². The second kappa shape index (κ2) is 14.8. The largest absolute Gasteiger partial charge is 0.466 e. The summed E-state index contributed by atoms with van der Waals surface area (Å²) in [6, 6.07) is 0. The first-order valence-electron chi connectivity index (χ1n) is 8.54. The smallest absolute Gasteiger partial charge is 0.305 e. The van der Waals surface area contributed by atoms with E-state index in [1.54, 1.807) is 0 Å². The molecule has 0 spiro atoms. The zero-order valence-electron chi connectivity index (χ0n) is 13.5. The van der Waals surface area contributed by atoms with Crippen LogP contribution in [-0.4, -0.2) is 23.8 Å². The van der Waals surface area contributed by atoms with Crippen LogP contribution >= 0.6 is 0 Å². The molecule has 0 heterocycles. The standard InChI is InChI=1S/C17H34O3/c1-3-5-7-8-9-10-12-16(18)13-11-14-17(19)20-15-6-4-2/h16,18H,3-15H2,1-2H3. The van der Waals surface area contributed by atoms with E-state index >= 15 is 0 Å². The summed E-state index contributed by atoms with van der Waals surface area (Å²) in [5.74, 6) is -0.120. The van der Waals surface area contributed by atoms with Crippen LogP contribution in [0.3, 0.4) is 0 Å². The zero-order valence-corrected chi connectivity index (χ0v) is 13.5. The van der Waals surface area contributed by atoms with E-state index in [2.05, 4.69) is 13.8 Å². The Morgan fingerprint density at radius 2 is 1.50 bits per heavy atom. The molecule has 0 radical (unpaired) electrons. The number of unbranched alkanes of at least 4 members (excludes halogenated alkanes) is 6. The molecule has 20 heavy (non-hydrogen) atoms. The Kier molecular flexibility index (Phi) is 14.4. The van der Waals surface area contributed by atoms with Crippen LogP contribution in [0.4, 0.5) is 0 Å². The van der Waals surface area contributed by atoms with Gasteiger partial charge in [-0.2, -0.15) is 0 Å². The molecule has 0 amide bonds. The lowest BCUT2D eigenvalue weighted by atomic mass is 10.0. The van der Waals surface area contributed by atoms with E-state index in [4.69, 9.17) is 4.74 Å². The van der Waals surface area contributed by atoms with Gasteiger partial charge in [0.1, 0.15) is 0 Å². The molecular formula is C17H34O3. The fourth-order valence-corrected chi connectivity index (χ4v) is 2.19. The van der Waals surface area contributed by atoms with Crippen LogP contribution in [0.25, 0.3) is 0 Å². The lowest BCUT2D eigenvalue weighted by Gasteiger charge is -2.10. The summed E-state index contributed by atoms with van der Waals surface area (Å²) in [7, 11) is 0. The van der Waals surface area contributed by atoms with Gasteiger partial charge in [0.2, 0.25) is 0 Å². The van der Waals surface area contributed by atoms with E-state index in [0.29, 0.717) is 13.0 Å². The molecule has 0 bridgehead atoms. The molecule has 0 aromatic heterocycles. The Balaban J connectivity index is 3.31. The van der Waals surface area contributed by atoms with Gasteiger partial charge in [0.15, 0.2) is 0 Å². The van der Waals surface area contributed by atoms with Crippen molar-refractivity contribution in [1.29, 1.82) is 0 Å².